The van der Waals surface area contributed by atoms with Crippen molar-refractivity contribution in [2.24, 2.45) is 0 Å². The number of benzene rings is 1. The first-order valence-corrected chi connectivity index (χ1v) is 7.93. The number of aromatic nitrogens is 2. The predicted molar refractivity (Wildman–Crippen MR) is 101 cm³/mol. The van der Waals surface area contributed by atoms with Crippen LogP contribution in [0.25, 0.3) is 21.7 Å². The molecule has 0 radical (unpaired) electrons. The van der Waals surface area contributed by atoms with Crippen LogP contribution < -0.4 is 5.32 Å². The maximum absolute atomic E-state index is 12.1. The van der Waals surface area contributed by atoms with E-state index in [9.17, 15) is 4.79 Å². The molecule has 1 N–H and O–H groups in total. The number of rotatable bonds is 4. The number of carbonyl (C=O) groups excluding carboxylic acids is 1. The van der Waals surface area contributed by atoms with Gasteiger partial charge in [0.15, 0.2) is 0 Å². The van der Waals surface area contributed by atoms with Gasteiger partial charge in [-0.1, -0.05) is 30.3 Å². The van der Waals surface area contributed by atoms with Crippen molar-refractivity contribution >= 4 is 45.1 Å². The Labute approximate surface area is 150 Å². The molecule has 0 spiro atoms. The highest BCUT2D eigenvalue weighted by molar-refractivity contribution is 6.30. The van der Waals surface area contributed by atoms with Crippen LogP contribution in [0.1, 0.15) is 17.3 Å². The number of hydrogen-bond donors (Lipinski definition) is 1. The number of halogens is 1. The lowest BCUT2D eigenvalue weighted by molar-refractivity contribution is 0.0603. The summed E-state index contributed by atoms with van der Waals surface area (Å²) in [7, 11) is 1.35. The highest BCUT2D eigenvalue weighted by Crippen LogP contribution is 2.31. The van der Waals surface area contributed by atoms with E-state index in [1.807, 2.05) is 19.1 Å². The molecule has 3 rings (SSSR count). The van der Waals surface area contributed by atoms with Crippen LogP contribution in [0.5, 0.6) is 0 Å². The van der Waals surface area contributed by atoms with E-state index in [2.05, 4.69) is 21.9 Å². The van der Waals surface area contributed by atoms with Crippen LogP contribution >= 0.6 is 11.6 Å². The second-order valence-corrected chi connectivity index (χ2v) is 5.96. The van der Waals surface area contributed by atoms with Gasteiger partial charge in [-0.25, -0.2) is 9.78 Å². The number of methoxy groups -OCH3 is 1. The Balaban J connectivity index is 2.31. The van der Waals surface area contributed by atoms with E-state index in [0.717, 1.165) is 21.9 Å². The van der Waals surface area contributed by atoms with E-state index in [-0.39, 0.29) is 0 Å². The number of ether oxygens (including phenoxy) is 1. The zero-order valence-electron chi connectivity index (χ0n) is 13.8. The number of pyridine rings is 2. The Morgan fingerprint density at radius 2 is 2.08 bits per heavy atom. The fourth-order valence-electron chi connectivity index (χ4n) is 2.70. The number of esters is 1. The molecule has 6 heteroatoms. The van der Waals surface area contributed by atoms with Gasteiger partial charge in [0.05, 0.1) is 18.2 Å². The Bertz CT molecular complexity index is 1030. The number of allylic oxidation sites excluding steroid dienone is 3. The minimum atomic E-state index is -0.436. The summed E-state index contributed by atoms with van der Waals surface area (Å²) < 4.78 is 4.87. The topological polar surface area (TPSA) is 64.1 Å². The van der Waals surface area contributed by atoms with Gasteiger partial charge >= 0.3 is 5.97 Å². The first-order chi connectivity index (χ1) is 12.0. The molecule has 0 unspecified atom stereocenters. The number of nitrogens with one attached hydrogen (secondary N) is 1. The molecule has 126 valence electrons. The van der Waals surface area contributed by atoms with Crippen LogP contribution in [0.2, 0.25) is 0 Å². The molecule has 2 aromatic heterocycles. The Morgan fingerprint density at radius 1 is 1.28 bits per heavy atom. The van der Waals surface area contributed by atoms with Gasteiger partial charge in [0.2, 0.25) is 0 Å². The van der Waals surface area contributed by atoms with Crippen LogP contribution in [-0.2, 0) is 4.74 Å². The third kappa shape index (κ3) is 3.32. The highest BCUT2D eigenvalue weighted by atomic mass is 35.5. The van der Waals surface area contributed by atoms with Crippen LogP contribution in [0.4, 0.5) is 5.82 Å². The quantitative estimate of drug-likeness (QED) is 0.420. The van der Waals surface area contributed by atoms with E-state index in [1.54, 1.807) is 30.6 Å². The smallest absolute Gasteiger partial charge is 0.340 e. The average Bonchev–Trinajstić information content (AvgIpc) is 2.60. The molecule has 5 nitrogen and oxygen atoms in total. The SMILES string of the molecule is C=C(Cl)/C=C(\C)Nc1nc2c(C(=O)OC)cccc2c2cnccc12. The summed E-state index contributed by atoms with van der Waals surface area (Å²) >= 11 is 5.84. The summed E-state index contributed by atoms with van der Waals surface area (Å²) in [6, 6.07) is 7.28. The van der Waals surface area contributed by atoms with E-state index in [4.69, 9.17) is 16.3 Å². The molecule has 0 aliphatic rings. The maximum Gasteiger partial charge on any atom is 0.340 e. The summed E-state index contributed by atoms with van der Waals surface area (Å²) in [5.74, 6) is 0.168. The molecule has 0 atom stereocenters. The molecule has 0 aliphatic heterocycles. The van der Waals surface area contributed by atoms with Gasteiger partial charge < -0.3 is 10.1 Å². The summed E-state index contributed by atoms with van der Waals surface area (Å²) in [6.45, 7) is 5.51. The zero-order chi connectivity index (χ0) is 18.0. The molecule has 0 bridgehead atoms. The molecule has 0 saturated carbocycles. The first-order valence-electron chi connectivity index (χ1n) is 7.55. The molecule has 2 heterocycles. The molecule has 25 heavy (non-hydrogen) atoms. The minimum absolute atomic E-state index is 0.400. The van der Waals surface area contributed by atoms with Crippen molar-refractivity contribution in [3.8, 4) is 0 Å². The fourth-order valence-corrected chi connectivity index (χ4v) is 2.86. The summed E-state index contributed by atoms with van der Waals surface area (Å²) in [6.07, 6.45) is 5.16. The Kier molecular flexibility index (Phi) is 4.67. The summed E-state index contributed by atoms with van der Waals surface area (Å²) in [5.41, 5.74) is 1.73. The van der Waals surface area contributed by atoms with E-state index < -0.39 is 5.97 Å². The number of fused-ring (bicyclic) bond motifs is 3. The number of nitrogens with zero attached hydrogens (tertiary/aromatic N) is 2. The Morgan fingerprint density at radius 3 is 2.80 bits per heavy atom. The molecular weight excluding hydrogens is 338 g/mol. The zero-order valence-corrected chi connectivity index (χ0v) is 14.6. The van der Waals surface area contributed by atoms with Crippen LogP contribution in [0.3, 0.4) is 0 Å². The van der Waals surface area contributed by atoms with Gasteiger partial charge in [0.1, 0.15) is 5.82 Å². The lowest BCUT2D eigenvalue weighted by Crippen LogP contribution is -2.05. The number of hydrogen-bond acceptors (Lipinski definition) is 5. The molecular formula is C19H16ClN3O2. The number of carbonyl (C=O) groups is 1. The third-order valence-corrected chi connectivity index (χ3v) is 3.83. The van der Waals surface area contributed by atoms with Crippen LogP contribution in [0, 0.1) is 0 Å². The van der Waals surface area contributed by atoms with Crippen molar-refractivity contribution < 1.29 is 9.53 Å². The fraction of sp³-hybridized carbons (Fsp3) is 0.105. The molecule has 0 fully saturated rings. The van der Waals surface area contributed by atoms with Gasteiger partial charge in [-0.2, -0.15) is 0 Å². The van der Waals surface area contributed by atoms with Crippen LogP contribution in [0.15, 0.2) is 60.0 Å². The van der Waals surface area contributed by atoms with Crippen molar-refractivity contribution in [3.63, 3.8) is 0 Å². The van der Waals surface area contributed by atoms with E-state index in [1.165, 1.54) is 7.11 Å². The lowest BCUT2D eigenvalue weighted by atomic mass is 10.0. The predicted octanol–water partition coefficient (Wildman–Crippen LogP) is 4.64. The minimum Gasteiger partial charge on any atom is -0.465 e. The number of anilines is 1. The summed E-state index contributed by atoms with van der Waals surface area (Å²) in [4.78, 5) is 21.0. The van der Waals surface area contributed by atoms with Crippen molar-refractivity contribution in [2.45, 2.75) is 6.92 Å². The molecule has 0 amide bonds. The van der Waals surface area contributed by atoms with Gasteiger partial charge in [-0.15, -0.1) is 0 Å². The van der Waals surface area contributed by atoms with Gasteiger partial charge in [0.25, 0.3) is 0 Å². The lowest BCUT2D eigenvalue weighted by Gasteiger charge is -2.13. The maximum atomic E-state index is 12.1. The van der Waals surface area contributed by atoms with Crippen LogP contribution in [-0.4, -0.2) is 23.0 Å². The van der Waals surface area contributed by atoms with Crippen molar-refractivity contribution in [3.05, 3.63) is 65.6 Å². The second kappa shape index (κ2) is 6.91. The largest absolute Gasteiger partial charge is 0.465 e. The monoisotopic (exact) mass is 353 g/mol. The Hall–Kier alpha value is -2.92. The van der Waals surface area contributed by atoms with Gasteiger partial charge in [0, 0.05) is 39.3 Å². The standard InChI is InChI=1S/C19H16ClN3O2/c1-11(20)9-12(2)22-18-14-7-8-21-10-16(14)13-5-4-6-15(17(13)23-18)19(24)25-3/h4-10H,1H2,2-3H3,(H,22,23)/b12-9+. The molecule has 1 aromatic carbocycles. The number of para-hydroxylation sites is 1. The second-order valence-electron chi connectivity index (χ2n) is 5.47. The molecule has 0 saturated heterocycles. The van der Waals surface area contributed by atoms with Crippen molar-refractivity contribution in [2.75, 3.05) is 12.4 Å². The van der Waals surface area contributed by atoms with Crippen molar-refractivity contribution in [1.29, 1.82) is 0 Å². The van der Waals surface area contributed by atoms with E-state index >= 15 is 0 Å². The normalized spacial score (nSPS) is 11.6. The van der Waals surface area contributed by atoms with Gasteiger partial charge in [-0.3, -0.25) is 4.98 Å². The third-order valence-electron chi connectivity index (χ3n) is 3.72. The van der Waals surface area contributed by atoms with Crippen molar-refractivity contribution in [1.82, 2.24) is 9.97 Å². The summed E-state index contributed by atoms with van der Waals surface area (Å²) in [5, 5.41) is 6.23. The highest BCUT2D eigenvalue weighted by Gasteiger charge is 2.16. The molecule has 3 aromatic rings. The van der Waals surface area contributed by atoms with Gasteiger partial charge in [-0.05, 0) is 25.1 Å². The average molecular weight is 354 g/mol. The van der Waals surface area contributed by atoms with E-state index in [0.29, 0.717) is 21.9 Å². The molecule has 0 aliphatic carbocycles. The first kappa shape index (κ1) is 16.9.